The Bertz CT molecular complexity index is 1200. The Morgan fingerprint density at radius 2 is 1.81 bits per heavy atom. The van der Waals surface area contributed by atoms with Gasteiger partial charge in [0.05, 0.1) is 20.3 Å². The number of likely N-dealkylation sites (tertiary alicyclic amines) is 1. The summed E-state index contributed by atoms with van der Waals surface area (Å²) < 4.78 is 27.8. The number of methoxy groups -OCH3 is 2. The quantitative estimate of drug-likeness (QED) is 0.502. The standard InChI is InChI=1S/C27H31N3O6/c1-32-19-7-9-23(33-2)20(15-19)22(30-10-4-3-5-11-30)17-28-27(31)21-16-25(36-29-21)18-6-8-24-26(14-18)35-13-12-34-24/h6-9,14-16,22H,3-5,10-13,17H2,1-2H3,(H,28,31)/t22-/m0/s1. The molecular weight excluding hydrogens is 462 g/mol. The molecule has 0 unspecified atom stereocenters. The maximum Gasteiger partial charge on any atom is 0.273 e. The molecule has 1 N–H and O–H groups in total. The lowest BCUT2D eigenvalue weighted by atomic mass is 10.00. The molecule has 1 amide bonds. The fraction of sp³-hybridized carbons (Fsp3) is 0.407. The van der Waals surface area contributed by atoms with Crippen LogP contribution in [0.4, 0.5) is 0 Å². The SMILES string of the molecule is COc1ccc(OC)c([C@H](CNC(=O)c2cc(-c3ccc4c(c3)OCCO4)on2)N2CCCCC2)c1. The van der Waals surface area contributed by atoms with Gasteiger partial charge < -0.3 is 28.8 Å². The van der Waals surface area contributed by atoms with Crippen LogP contribution in [0.1, 0.15) is 41.4 Å². The summed E-state index contributed by atoms with van der Waals surface area (Å²) in [6.07, 6.45) is 3.46. The van der Waals surface area contributed by atoms with Gasteiger partial charge in [0.2, 0.25) is 0 Å². The number of nitrogens with zero attached hydrogens (tertiary/aromatic N) is 2. The molecule has 2 aliphatic heterocycles. The van der Waals surface area contributed by atoms with E-state index in [4.69, 9.17) is 23.5 Å². The summed E-state index contributed by atoms with van der Waals surface area (Å²) in [7, 11) is 3.30. The molecule has 0 spiro atoms. The number of fused-ring (bicyclic) bond motifs is 1. The monoisotopic (exact) mass is 493 g/mol. The van der Waals surface area contributed by atoms with E-state index in [1.54, 1.807) is 20.3 Å². The molecule has 5 rings (SSSR count). The van der Waals surface area contributed by atoms with Crippen LogP contribution in [0.5, 0.6) is 23.0 Å². The van der Waals surface area contributed by atoms with E-state index in [9.17, 15) is 4.79 Å². The van der Waals surface area contributed by atoms with Crippen molar-refractivity contribution in [1.82, 2.24) is 15.4 Å². The van der Waals surface area contributed by atoms with Gasteiger partial charge in [0, 0.05) is 23.7 Å². The van der Waals surface area contributed by atoms with Crippen LogP contribution >= 0.6 is 0 Å². The van der Waals surface area contributed by atoms with Crippen LogP contribution in [0.25, 0.3) is 11.3 Å². The van der Waals surface area contributed by atoms with Gasteiger partial charge in [-0.15, -0.1) is 0 Å². The first-order valence-corrected chi connectivity index (χ1v) is 12.3. The number of carbonyl (C=O) groups is 1. The zero-order valence-corrected chi connectivity index (χ0v) is 20.6. The number of amides is 1. The van der Waals surface area contributed by atoms with E-state index in [1.807, 2.05) is 36.4 Å². The fourth-order valence-electron chi connectivity index (χ4n) is 4.76. The van der Waals surface area contributed by atoms with Gasteiger partial charge in [-0.25, -0.2) is 0 Å². The predicted molar refractivity (Wildman–Crippen MR) is 133 cm³/mol. The summed E-state index contributed by atoms with van der Waals surface area (Å²) in [4.78, 5) is 15.5. The third-order valence-electron chi connectivity index (χ3n) is 6.65. The van der Waals surface area contributed by atoms with E-state index in [1.165, 1.54) is 6.42 Å². The van der Waals surface area contributed by atoms with Crippen LogP contribution in [-0.2, 0) is 0 Å². The number of rotatable bonds is 8. The normalized spacial score (nSPS) is 16.3. The van der Waals surface area contributed by atoms with Crippen molar-refractivity contribution in [3.63, 3.8) is 0 Å². The zero-order valence-electron chi connectivity index (χ0n) is 20.6. The number of carbonyl (C=O) groups excluding carboxylic acids is 1. The number of nitrogens with one attached hydrogen (secondary N) is 1. The molecule has 1 aromatic heterocycles. The number of benzene rings is 2. The topological polar surface area (TPSA) is 95.3 Å². The first-order valence-electron chi connectivity index (χ1n) is 12.3. The Hall–Kier alpha value is -3.72. The van der Waals surface area contributed by atoms with Crippen molar-refractivity contribution in [3.8, 4) is 34.3 Å². The summed E-state index contributed by atoms with van der Waals surface area (Å²) in [5, 5.41) is 7.07. The lowest BCUT2D eigenvalue weighted by Crippen LogP contribution is -2.40. The largest absolute Gasteiger partial charge is 0.497 e. The minimum atomic E-state index is -0.300. The fourth-order valence-corrected chi connectivity index (χ4v) is 4.76. The molecule has 0 saturated carbocycles. The summed E-state index contributed by atoms with van der Waals surface area (Å²) >= 11 is 0. The highest BCUT2D eigenvalue weighted by atomic mass is 16.6. The predicted octanol–water partition coefficient (Wildman–Crippen LogP) is 4.09. The molecule has 9 heteroatoms. The number of ether oxygens (including phenoxy) is 4. The molecule has 2 aliphatic rings. The molecule has 1 atom stereocenters. The van der Waals surface area contributed by atoms with Gasteiger partial charge in [-0.2, -0.15) is 0 Å². The Morgan fingerprint density at radius 1 is 1.00 bits per heavy atom. The van der Waals surface area contributed by atoms with E-state index < -0.39 is 0 Å². The summed E-state index contributed by atoms with van der Waals surface area (Å²) in [5.74, 6) is 3.05. The molecule has 1 saturated heterocycles. The second kappa shape index (κ2) is 10.9. The molecular formula is C27H31N3O6. The Kier molecular flexibility index (Phi) is 7.27. The van der Waals surface area contributed by atoms with Crippen LogP contribution in [0, 0.1) is 0 Å². The summed E-state index contributed by atoms with van der Waals surface area (Å²) in [5.41, 5.74) is 1.96. The third-order valence-corrected chi connectivity index (χ3v) is 6.65. The maximum absolute atomic E-state index is 13.1. The van der Waals surface area contributed by atoms with Crippen molar-refractivity contribution in [3.05, 3.63) is 53.7 Å². The van der Waals surface area contributed by atoms with Crippen molar-refractivity contribution >= 4 is 5.91 Å². The van der Waals surface area contributed by atoms with Crippen LogP contribution in [0.2, 0.25) is 0 Å². The van der Waals surface area contributed by atoms with Crippen LogP contribution in [0.3, 0.4) is 0 Å². The molecule has 3 aromatic rings. The number of aromatic nitrogens is 1. The maximum atomic E-state index is 13.1. The van der Waals surface area contributed by atoms with Crippen molar-refractivity contribution in [1.29, 1.82) is 0 Å². The van der Waals surface area contributed by atoms with Gasteiger partial charge in [-0.05, 0) is 62.3 Å². The molecule has 0 aliphatic carbocycles. The molecule has 0 bridgehead atoms. The van der Waals surface area contributed by atoms with Gasteiger partial charge in [-0.1, -0.05) is 11.6 Å². The van der Waals surface area contributed by atoms with Gasteiger partial charge in [0.25, 0.3) is 5.91 Å². The van der Waals surface area contributed by atoms with Crippen molar-refractivity contribution < 1.29 is 28.3 Å². The third kappa shape index (κ3) is 5.11. The van der Waals surface area contributed by atoms with Crippen LogP contribution in [0.15, 0.2) is 47.0 Å². The lowest BCUT2D eigenvalue weighted by molar-refractivity contribution is 0.0914. The first-order chi connectivity index (χ1) is 17.7. The molecule has 0 radical (unpaired) electrons. The molecule has 36 heavy (non-hydrogen) atoms. The van der Waals surface area contributed by atoms with Crippen LogP contribution in [-0.4, -0.2) is 63.0 Å². The van der Waals surface area contributed by atoms with E-state index in [-0.39, 0.29) is 17.6 Å². The lowest BCUT2D eigenvalue weighted by Gasteiger charge is -2.35. The molecule has 3 heterocycles. The Balaban J connectivity index is 1.33. The number of piperidine rings is 1. The van der Waals surface area contributed by atoms with E-state index in [2.05, 4.69) is 15.4 Å². The first kappa shape index (κ1) is 24.0. The second-order valence-corrected chi connectivity index (χ2v) is 8.87. The van der Waals surface area contributed by atoms with Gasteiger partial charge in [0.15, 0.2) is 23.0 Å². The molecule has 2 aromatic carbocycles. The summed E-state index contributed by atoms with van der Waals surface area (Å²) in [6.45, 7) is 3.34. The second-order valence-electron chi connectivity index (χ2n) is 8.87. The van der Waals surface area contributed by atoms with Crippen molar-refractivity contribution in [2.24, 2.45) is 0 Å². The highest BCUT2D eigenvalue weighted by Crippen LogP contribution is 2.36. The minimum Gasteiger partial charge on any atom is -0.497 e. The Morgan fingerprint density at radius 3 is 2.58 bits per heavy atom. The molecule has 190 valence electrons. The van der Waals surface area contributed by atoms with E-state index in [0.29, 0.717) is 37.0 Å². The minimum absolute atomic E-state index is 0.0662. The summed E-state index contributed by atoms with van der Waals surface area (Å²) in [6, 6.07) is 12.9. The van der Waals surface area contributed by atoms with Gasteiger partial charge >= 0.3 is 0 Å². The zero-order chi connectivity index (χ0) is 24.9. The van der Waals surface area contributed by atoms with Gasteiger partial charge in [-0.3, -0.25) is 9.69 Å². The highest BCUT2D eigenvalue weighted by Gasteiger charge is 2.27. The number of hydrogen-bond donors (Lipinski definition) is 1. The van der Waals surface area contributed by atoms with Crippen molar-refractivity contribution in [2.75, 3.05) is 47.1 Å². The average molecular weight is 494 g/mol. The van der Waals surface area contributed by atoms with E-state index in [0.717, 1.165) is 48.6 Å². The highest BCUT2D eigenvalue weighted by molar-refractivity contribution is 5.93. The molecule has 9 nitrogen and oxygen atoms in total. The Labute approximate surface area is 210 Å². The average Bonchev–Trinajstić information content (AvgIpc) is 3.44. The number of hydrogen-bond acceptors (Lipinski definition) is 8. The van der Waals surface area contributed by atoms with Crippen molar-refractivity contribution in [2.45, 2.75) is 25.3 Å². The van der Waals surface area contributed by atoms with E-state index >= 15 is 0 Å². The van der Waals surface area contributed by atoms with Crippen LogP contribution < -0.4 is 24.3 Å². The van der Waals surface area contributed by atoms with Gasteiger partial charge in [0.1, 0.15) is 24.7 Å². The smallest absolute Gasteiger partial charge is 0.273 e. The molecule has 1 fully saturated rings.